The topological polar surface area (TPSA) is 96.4 Å². The number of hydrogen-bond donors (Lipinski definition) is 0. The van der Waals surface area contributed by atoms with Gasteiger partial charge in [-0.15, -0.1) is 0 Å². The number of nitrogens with zero attached hydrogens (tertiary/aromatic N) is 1. The van der Waals surface area contributed by atoms with Gasteiger partial charge in [-0.05, 0) is 36.4 Å². The lowest BCUT2D eigenvalue weighted by molar-refractivity contribution is -0.384. The number of halogens is 1. The third-order valence-corrected chi connectivity index (χ3v) is 2.67. The van der Waals surface area contributed by atoms with Crippen LogP contribution >= 0.6 is 11.6 Å². The molecular formula is C13H7ClNO5-. The van der Waals surface area contributed by atoms with Gasteiger partial charge in [-0.3, -0.25) is 10.1 Å². The van der Waals surface area contributed by atoms with Gasteiger partial charge in [-0.25, -0.2) is 0 Å². The fourth-order valence-corrected chi connectivity index (χ4v) is 1.77. The predicted octanol–water partition coefficient (Wildman–Crippen LogP) is 2.27. The SMILES string of the molecule is O=C([O-])/C=C/c1ccc(-c2ccc(Cl)cc2[N+](=O)[O-])o1. The van der Waals surface area contributed by atoms with Crippen LogP contribution in [-0.2, 0) is 4.79 Å². The molecule has 6 nitrogen and oxygen atoms in total. The molecule has 7 heteroatoms. The van der Waals surface area contributed by atoms with Crippen molar-refractivity contribution >= 4 is 29.3 Å². The zero-order chi connectivity index (χ0) is 14.7. The summed E-state index contributed by atoms with van der Waals surface area (Å²) in [5, 5.41) is 21.5. The molecule has 0 amide bonds. The maximum atomic E-state index is 11.0. The Hall–Kier alpha value is -2.60. The Kier molecular flexibility index (Phi) is 3.86. The van der Waals surface area contributed by atoms with E-state index in [0.29, 0.717) is 0 Å². The average Bonchev–Trinajstić information content (AvgIpc) is 2.84. The predicted molar refractivity (Wildman–Crippen MR) is 69.8 cm³/mol. The van der Waals surface area contributed by atoms with Crippen LogP contribution in [0, 0.1) is 10.1 Å². The highest BCUT2D eigenvalue weighted by molar-refractivity contribution is 6.30. The molecule has 0 bridgehead atoms. The standard InChI is InChI=1S/C13H8ClNO5/c14-8-1-4-10(11(7-8)15(18)19)12-5-2-9(20-12)3-6-13(16)17/h1-7H,(H,16,17)/p-1/b6-3+. The highest BCUT2D eigenvalue weighted by atomic mass is 35.5. The molecule has 20 heavy (non-hydrogen) atoms. The molecule has 0 spiro atoms. The second kappa shape index (κ2) is 5.58. The van der Waals surface area contributed by atoms with Gasteiger partial charge in [0.05, 0.1) is 16.5 Å². The minimum atomic E-state index is -1.36. The molecular weight excluding hydrogens is 286 g/mol. The van der Waals surface area contributed by atoms with Gasteiger partial charge in [0.1, 0.15) is 11.5 Å². The van der Waals surface area contributed by atoms with Crippen molar-refractivity contribution in [2.45, 2.75) is 0 Å². The molecule has 0 radical (unpaired) electrons. The van der Waals surface area contributed by atoms with E-state index >= 15 is 0 Å². The van der Waals surface area contributed by atoms with Crippen molar-refractivity contribution in [2.24, 2.45) is 0 Å². The summed E-state index contributed by atoms with van der Waals surface area (Å²) in [7, 11) is 0. The normalized spacial score (nSPS) is 10.8. The van der Waals surface area contributed by atoms with E-state index in [-0.39, 0.29) is 27.8 Å². The van der Waals surface area contributed by atoms with Crippen LogP contribution < -0.4 is 5.11 Å². The Bertz CT molecular complexity index is 705. The van der Waals surface area contributed by atoms with E-state index in [1.807, 2.05) is 0 Å². The van der Waals surface area contributed by atoms with Gasteiger partial charge in [0.2, 0.25) is 0 Å². The quantitative estimate of drug-likeness (QED) is 0.489. The largest absolute Gasteiger partial charge is 0.545 e. The van der Waals surface area contributed by atoms with Gasteiger partial charge in [-0.2, -0.15) is 0 Å². The maximum Gasteiger partial charge on any atom is 0.281 e. The first-order valence-electron chi connectivity index (χ1n) is 5.40. The van der Waals surface area contributed by atoms with Crippen molar-refractivity contribution in [1.29, 1.82) is 0 Å². The highest BCUT2D eigenvalue weighted by Gasteiger charge is 2.18. The molecule has 1 aromatic heterocycles. The number of carbonyl (C=O) groups is 1. The Morgan fingerprint density at radius 3 is 2.70 bits per heavy atom. The van der Waals surface area contributed by atoms with Crippen molar-refractivity contribution in [2.75, 3.05) is 0 Å². The van der Waals surface area contributed by atoms with Crippen LogP contribution in [0.15, 0.2) is 40.8 Å². The first-order valence-corrected chi connectivity index (χ1v) is 5.78. The van der Waals surface area contributed by atoms with E-state index in [1.54, 1.807) is 0 Å². The van der Waals surface area contributed by atoms with E-state index in [4.69, 9.17) is 16.0 Å². The Morgan fingerprint density at radius 1 is 1.30 bits per heavy atom. The van der Waals surface area contributed by atoms with E-state index < -0.39 is 10.9 Å². The lowest BCUT2D eigenvalue weighted by Gasteiger charge is -2.00. The second-order valence-corrected chi connectivity index (χ2v) is 4.21. The molecule has 0 fully saturated rings. The van der Waals surface area contributed by atoms with Gasteiger partial charge < -0.3 is 14.3 Å². The number of benzene rings is 1. The van der Waals surface area contributed by atoms with Gasteiger partial charge in [0.15, 0.2) is 0 Å². The lowest BCUT2D eigenvalue weighted by Crippen LogP contribution is -2.18. The monoisotopic (exact) mass is 292 g/mol. The minimum Gasteiger partial charge on any atom is -0.545 e. The van der Waals surface area contributed by atoms with Gasteiger partial charge >= 0.3 is 0 Å². The molecule has 1 heterocycles. The third-order valence-electron chi connectivity index (χ3n) is 2.43. The summed E-state index contributed by atoms with van der Waals surface area (Å²) in [6.45, 7) is 0. The molecule has 0 unspecified atom stereocenters. The fourth-order valence-electron chi connectivity index (χ4n) is 1.60. The van der Waals surface area contributed by atoms with Crippen LogP contribution in [0.2, 0.25) is 5.02 Å². The molecule has 0 N–H and O–H groups in total. The molecule has 0 saturated heterocycles. The average molecular weight is 293 g/mol. The Morgan fingerprint density at radius 2 is 2.05 bits per heavy atom. The van der Waals surface area contributed by atoms with Crippen molar-refractivity contribution in [3.63, 3.8) is 0 Å². The number of carboxylic acid groups (broad SMARTS) is 1. The second-order valence-electron chi connectivity index (χ2n) is 3.77. The smallest absolute Gasteiger partial charge is 0.281 e. The molecule has 0 atom stereocenters. The number of carboxylic acids is 1. The van der Waals surface area contributed by atoms with Crippen molar-refractivity contribution in [3.05, 3.63) is 57.3 Å². The number of hydrogen-bond acceptors (Lipinski definition) is 5. The fraction of sp³-hybridized carbons (Fsp3) is 0. The lowest BCUT2D eigenvalue weighted by atomic mass is 10.1. The van der Waals surface area contributed by atoms with Crippen LogP contribution in [0.25, 0.3) is 17.4 Å². The number of rotatable bonds is 4. The summed E-state index contributed by atoms with van der Waals surface area (Å²) in [6.07, 6.45) is 2.00. The summed E-state index contributed by atoms with van der Waals surface area (Å²) in [4.78, 5) is 20.7. The minimum absolute atomic E-state index is 0.192. The van der Waals surface area contributed by atoms with Crippen molar-refractivity contribution < 1.29 is 19.2 Å². The highest BCUT2D eigenvalue weighted by Crippen LogP contribution is 2.33. The molecule has 2 aromatic rings. The molecule has 0 aliphatic heterocycles. The first kappa shape index (κ1) is 13.8. The van der Waals surface area contributed by atoms with Gasteiger partial charge in [0.25, 0.3) is 5.69 Å². The van der Waals surface area contributed by atoms with Gasteiger partial charge in [0, 0.05) is 11.1 Å². The molecule has 2 rings (SSSR count). The van der Waals surface area contributed by atoms with Crippen molar-refractivity contribution in [3.8, 4) is 11.3 Å². The summed E-state index contributed by atoms with van der Waals surface area (Å²) >= 11 is 5.72. The zero-order valence-corrected chi connectivity index (χ0v) is 10.7. The molecule has 0 aliphatic rings. The van der Waals surface area contributed by atoms with Crippen molar-refractivity contribution in [1.82, 2.24) is 0 Å². The van der Waals surface area contributed by atoms with Gasteiger partial charge in [-0.1, -0.05) is 11.6 Å². The third kappa shape index (κ3) is 3.04. The van der Waals surface area contributed by atoms with E-state index in [9.17, 15) is 20.0 Å². The van der Waals surface area contributed by atoms with E-state index in [2.05, 4.69) is 0 Å². The summed E-state index contributed by atoms with van der Waals surface area (Å²) in [5.41, 5.74) is 0.0646. The number of carbonyl (C=O) groups excluding carboxylic acids is 1. The number of nitro groups is 1. The number of furan rings is 1. The molecule has 1 aromatic carbocycles. The Labute approximate surface area is 118 Å². The van der Waals surface area contributed by atoms with E-state index in [0.717, 1.165) is 6.08 Å². The summed E-state index contributed by atoms with van der Waals surface area (Å²) in [5.74, 6) is -0.875. The Balaban J connectivity index is 2.42. The van der Waals surface area contributed by atoms with Crippen LogP contribution in [-0.4, -0.2) is 10.9 Å². The van der Waals surface area contributed by atoms with Crippen LogP contribution in [0.5, 0.6) is 0 Å². The molecule has 0 saturated carbocycles. The molecule has 0 aliphatic carbocycles. The number of nitro benzene ring substituents is 1. The first-order chi connectivity index (χ1) is 9.47. The van der Waals surface area contributed by atoms with Crippen LogP contribution in [0.1, 0.15) is 5.76 Å². The number of aliphatic carboxylic acids is 1. The summed E-state index contributed by atoms with van der Waals surface area (Å²) in [6, 6.07) is 7.18. The summed E-state index contributed by atoms with van der Waals surface area (Å²) < 4.78 is 5.33. The van der Waals surface area contributed by atoms with Crippen LogP contribution in [0.3, 0.4) is 0 Å². The molecule has 102 valence electrons. The van der Waals surface area contributed by atoms with E-state index in [1.165, 1.54) is 36.4 Å². The van der Waals surface area contributed by atoms with Crippen LogP contribution in [0.4, 0.5) is 5.69 Å². The zero-order valence-electron chi connectivity index (χ0n) is 9.91. The maximum absolute atomic E-state index is 11.0.